The van der Waals surface area contributed by atoms with E-state index in [0.29, 0.717) is 12.1 Å². The number of nitrogens with one attached hydrogen (secondary N) is 1. The molecule has 0 saturated heterocycles. The normalized spacial score (nSPS) is 12.0. The summed E-state index contributed by atoms with van der Waals surface area (Å²) < 4.78 is 0. The first-order valence-electron chi connectivity index (χ1n) is 7.21. The Morgan fingerprint density at radius 3 is 2.29 bits per heavy atom. The summed E-state index contributed by atoms with van der Waals surface area (Å²) in [5.41, 5.74) is 9.84. The van der Waals surface area contributed by atoms with Crippen molar-refractivity contribution in [3.8, 4) is 0 Å². The van der Waals surface area contributed by atoms with Crippen molar-refractivity contribution in [2.75, 3.05) is 6.54 Å². The molecule has 2 aromatic rings. The number of nitrogens with two attached hydrogens (primary N) is 1. The molecule has 2 aromatic carbocycles. The molecule has 0 aromatic heterocycles. The van der Waals surface area contributed by atoms with Crippen LogP contribution in [0.25, 0.3) is 0 Å². The van der Waals surface area contributed by atoms with Crippen LogP contribution >= 0.6 is 0 Å². The molecule has 3 heteroatoms. The van der Waals surface area contributed by atoms with Crippen LogP contribution in [0.4, 0.5) is 0 Å². The smallest absolute Gasteiger partial charge is 0.251 e. The van der Waals surface area contributed by atoms with E-state index < -0.39 is 0 Å². The van der Waals surface area contributed by atoms with Gasteiger partial charge in [-0.1, -0.05) is 47.5 Å². The Morgan fingerprint density at radius 1 is 1.10 bits per heavy atom. The molecule has 0 fully saturated rings. The summed E-state index contributed by atoms with van der Waals surface area (Å²) in [6.07, 6.45) is 0.744. The van der Waals surface area contributed by atoms with Crippen molar-refractivity contribution in [2.45, 2.75) is 26.3 Å². The summed E-state index contributed by atoms with van der Waals surface area (Å²) in [5.74, 6) is -0.0619. The van der Waals surface area contributed by atoms with Crippen LogP contribution in [0.2, 0.25) is 0 Å². The predicted octanol–water partition coefficient (Wildman–Crippen LogP) is 2.60. The van der Waals surface area contributed by atoms with E-state index in [4.69, 9.17) is 5.73 Å². The zero-order chi connectivity index (χ0) is 15.2. The molecule has 0 aliphatic rings. The van der Waals surface area contributed by atoms with Gasteiger partial charge in [-0.05, 0) is 38.0 Å². The predicted molar refractivity (Wildman–Crippen MR) is 86.4 cm³/mol. The summed E-state index contributed by atoms with van der Waals surface area (Å²) in [7, 11) is 0. The molecular weight excluding hydrogens is 260 g/mol. The Hall–Kier alpha value is -2.13. The van der Waals surface area contributed by atoms with Crippen LogP contribution in [0.5, 0.6) is 0 Å². The molecule has 3 nitrogen and oxygen atoms in total. The fraction of sp³-hybridized carbons (Fsp3) is 0.278. The van der Waals surface area contributed by atoms with Crippen LogP contribution in [0.3, 0.4) is 0 Å². The highest BCUT2D eigenvalue weighted by Crippen LogP contribution is 2.10. The van der Waals surface area contributed by atoms with Gasteiger partial charge < -0.3 is 11.1 Å². The third-order valence-electron chi connectivity index (χ3n) is 3.43. The lowest BCUT2D eigenvalue weighted by molar-refractivity contribution is 0.0938. The molecule has 1 unspecified atom stereocenters. The number of aryl methyl sites for hydroxylation is 2. The van der Waals surface area contributed by atoms with E-state index in [-0.39, 0.29) is 11.9 Å². The minimum absolute atomic E-state index is 0.0549. The Morgan fingerprint density at radius 2 is 1.71 bits per heavy atom. The molecule has 21 heavy (non-hydrogen) atoms. The minimum atomic E-state index is -0.0619. The largest absolute Gasteiger partial charge is 0.348 e. The molecular formula is C18H22N2O. The van der Waals surface area contributed by atoms with E-state index in [1.807, 2.05) is 56.3 Å². The number of carbonyl (C=O) groups excluding carboxylic acids is 1. The van der Waals surface area contributed by atoms with Crippen molar-refractivity contribution in [2.24, 2.45) is 5.73 Å². The average molecular weight is 282 g/mol. The SMILES string of the molecule is Cc1cc(C)cc(C(=O)NC(CN)Cc2ccccc2)c1. The van der Waals surface area contributed by atoms with E-state index in [2.05, 4.69) is 11.4 Å². The molecule has 2 rings (SSSR count). The zero-order valence-electron chi connectivity index (χ0n) is 12.6. The second-order valence-electron chi connectivity index (χ2n) is 5.47. The molecule has 0 radical (unpaired) electrons. The van der Waals surface area contributed by atoms with Gasteiger partial charge in [0.1, 0.15) is 0 Å². The van der Waals surface area contributed by atoms with Crippen molar-refractivity contribution in [1.29, 1.82) is 0 Å². The number of rotatable bonds is 5. The molecule has 1 amide bonds. The van der Waals surface area contributed by atoms with Crippen LogP contribution in [-0.2, 0) is 6.42 Å². The first kappa shape index (κ1) is 15.3. The van der Waals surface area contributed by atoms with Crippen molar-refractivity contribution in [1.82, 2.24) is 5.32 Å². The maximum atomic E-state index is 12.3. The van der Waals surface area contributed by atoms with Gasteiger partial charge in [0, 0.05) is 18.2 Å². The fourth-order valence-electron chi connectivity index (χ4n) is 2.47. The third-order valence-corrected chi connectivity index (χ3v) is 3.43. The van der Waals surface area contributed by atoms with Gasteiger partial charge >= 0.3 is 0 Å². The van der Waals surface area contributed by atoms with E-state index in [9.17, 15) is 4.79 Å². The molecule has 110 valence electrons. The monoisotopic (exact) mass is 282 g/mol. The van der Waals surface area contributed by atoms with E-state index >= 15 is 0 Å². The first-order chi connectivity index (χ1) is 10.1. The van der Waals surface area contributed by atoms with E-state index in [1.165, 1.54) is 5.56 Å². The van der Waals surface area contributed by atoms with E-state index in [1.54, 1.807) is 0 Å². The molecule has 0 bridgehead atoms. The summed E-state index contributed by atoms with van der Waals surface area (Å²) in [5, 5.41) is 3.02. The average Bonchev–Trinajstić information content (AvgIpc) is 2.46. The van der Waals surface area contributed by atoms with Gasteiger partial charge in [-0.3, -0.25) is 4.79 Å². The van der Waals surface area contributed by atoms with Gasteiger partial charge in [-0.15, -0.1) is 0 Å². The van der Waals surface area contributed by atoms with Gasteiger partial charge in [-0.25, -0.2) is 0 Å². The molecule has 0 saturated carbocycles. The molecule has 1 atom stereocenters. The van der Waals surface area contributed by atoms with E-state index in [0.717, 1.165) is 17.5 Å². The standard InChI is InChI=1S/C18H22N2O/c1-13-8-14(2)10-16(9-13)18(21)20-17(12-19)11-15-6-4-3-5-7-15/h3-10,17H,11-12,19H2,1-2H3,(H,20,21). The van der Waals surface area contributed by atoms with Gasteiger partial charge in [0.2, 0.25) is 0 Å². The number of hydrogen-bond acceptors (Lipinski definition) is 2. The number of benzene rings is 2. The summed E-state index contributed by atoms with van der Waals surface area (Å²) in [6.45, 7) is 4.41. The maximum Gasteiger partial charge on any atom is 0.251 e. The molecule has 0 spiro atoms. The molecule has 0 aliphatic heterocycles. The summed E-state index contributed by atoms with van der Waals surface area (Å²) in [4.78, 5) is 12.3. The number of hydrogen-bond donors (Lipinski definition) is 2. The van der Waals surface area contributed by atoms with Crippen LogP contribution in [0.1, 0.15) is 27.0 Å². The van der Waals surface area contributed by atoms with Crippen molar-refractivity contribution >= 4 is 5.91 Å². The van der Waals surface area contributed by atoms with Crippen LogP contribution < -0.4 is 11.1 Å². The van der Waals surface area contributed by atoms with Crippen molar-refractivity contribution in [3.05, 3.63) is 70.8 Å². The second kappa shape index (κ2) is 7.04. The topological polar surface area (TPSA) is 55.1 Å². The quantitative estimate of drug-likeness (QED) is 0.885. The first-order valence-corrected chi connectivity index (χ1v) is 7.21. The highest BCUT2D eigenvalue weighted by molar-refractivity contribution is 5.94. The lowest BCUT2D eigenvalue weighted by Crippen LogP contribution is -2.41. The number of carbonyl (C=O) groups is 1. The fourth-order valence-corrected chi connectivity index (χ4v) is 2.47. The Balaban J connectivity index is 2.05. The Kier molecular flexibility index (Phi) is 5.12. The highest BCUT2D eigenvalue weighted by atomic mass is 16.1. The van der Waals surface area contributed by atoms with Crippen LogP contribution in [-0.4, -0.2) is 18.5 Å². The van der Waals surface area contributed by atoms with Gasteiger partial charge in [0.15, 0.2) is 0 Å². The van der Waals surface area contributed by atoms with Crippen LogP contribution in [0.15, 0.2) is 48.5 Å². The van der Waals surface area contributed by atoms with Crippen LogP contribution in [0, 0.1) is 13.8 Å². The Bertz CT molecular complexity index is 588. The maximum absolute atomic E-state index is 12.3. The third kappa shape index (κ3) is 4.43. The number of amides is 1. The Labute approximate surface area is 126 Å². The molecule has 0 aliphatic carbocycles. The molecule has 0 heterocycles. The summed E-state index contributed by atoms with van der Waals surface area (Å²) >= 11 is 0. The van der Waals surface area contributed by atoms with Gasteiger partial charge in [-0.2, -0.15) is 0 Å². The lowest BCUT2D eigenvalue weighted by Gasteiger charge is -2.17. The van der Waals surface area contributed by atoms with Gasteiger partial charge in [0.25, 0.3) is 5.91 Å². The zero-order valence-corrected chi connectivity index (χ0v) is 12.6. The van der Waals surface area contributed by atoms with Gasteiger partial charge in [0.05, 0.1) is 0 Å². The summed E-state index contributed by atoms with van der Waals surface area (Å²) in [6, 6.07) is 15.9. The molecule has 3 N–H and O–H groups in total. The highest BCUT2D eigenvalue weighted by Gasteiger charge is 2.13. The van der Waals surface area contributed by atoms with Crippen molar-refractivity contribution < 1.29 is 4.79 Å². The second-order valence-corrected chi connectivity index (χ2v) is 5.47. The lowest BCUT2D eigenvalue weighted by atomic mass is 10.0. The minimum Gasteiger partial charge on any atom is -0.348 e. The van der Waals surface area contributed by atoms with Crippen molar-refractivity contribution in [3.63, 3.8) is 0 Å².